The summed E-state index contributed by atoms with van der Waals surface area (Å²) in [7, 11) is 1.56. The SMILES string of the molecule is CCOc1cc(/C=C2/SC(=S)N(c3ccccc3OC)C2=O)cc(Cl)c1OCC. The minimum atomic E-state index is -0.215. The number of rotatable bonds is 7. The van der Waals surface area contributed by atoms with Gasteiger partial charge in [-0.15, -0.1) is 0 Å². The summed E-state index contributed by atoms with van der Waals surface area (Å²) in [6.45, 7) is 4.70. The molecule has 1 aliphatic heterocycles. The van der Waals surface area contributed by atoms with Crippen LogP contribution in [0.1, 0.15) is 19.4 Å². The van der Waals surface area contributed by atoms with E-state index in [2.05, 4.69) is 0 Å². The van der Waals surface area contributed by atoms with Crippen LogP contribution in [0, 0.1) is 0 Å². The highest BCUT2D eigenvalue weighted by Gasteiger charge is 2.34. The third-order valence-electron chi connectivity index (χ3n) is 4.04. The summed E-state index contributed by atoms with van der Waals surface area (Å²) in [6.07, 6.45) is 1.75. The average molecular weight is 450 g/mol. The van der Waals surface area contributed by atoms with Gasteiger partial charge in [-0.05, 0) is 49.8 Å². The van der Waals surface area contributed by atoms with Gasteiger partial charge in [0, 0.05) is 0 Å². The van der Waals surface area contributed by atoms with Gasteiger partial charge in [0.15, 0.2) is 15.8 Å². The number of halogens is 1. The molecule has 3 rings (SSSR count). The molecule has 0 radical (unpaired) electrons. The van der Waals surface area contributed by atoms with E-state index in [1.165, 1.54) is 16.7 Å². The van der Waals surface area contributed by atoms with Crippen LogP contribution in [0.2, 0.25) is 5.02 Å². The van der Waals surface area contributed by atoms with E-state index in [1.54, 1.807) is 37.5 Å². The van der Waals surface area contributed by atoms with Crippen molar-refractivity contribution in [1.29, 1.82) is 0 Å². The Bertz CT molecular complexity index is 977. The molecule has 0 aromatic heterocycles. The van der Waals surface area contributed by atoms with Crippen molar-refractivity contribution in [2.45, 2.75) is 13.8 Å². The first-order valence-electron chi connectivity index (χ1n) is 9.00. The second-order valence-corrected chi connectivity index (χ2v) is 7.97. The Kier molecular flexibility index (Phi) is 7.05. The number of anilines is 1. The van der Waals surface area contributed by atoms with Crippen LogP contribution < -0.4 is 19.1 Å². The second kappa shape index (κ2) is 9.52. The first-order valence-corrected chi connectivity index (χ1v) is 10.6. The molecule has 1 aliphatic rings. The standard InChI is InChI=1S/C21H20ClNO4S2/c1-4-26-17-11-13(10-14(22)19(17)27-5-2)12-18-20(24)23(21(28)29-18)15-8-6-7-9-16(15)25-3/h6-12H,4-5H2,1-3H3/b18-12+. The van der Waals surface area contributed by atoms with E-state index in [9.17, 15) is 4.79 Å². The lowest BCUT2D eigenvalue weighted by molar-refractivity contribution is -0.113. The predicted octanol–water partition coefficient (Wildman–Crippen LogP) is 5.55. The highest BCUT2D eigenvalue weighted by molar-refractivity contribution is 8.27. The maximum atomic E-state index is 13.1. The number of thioether (sulfide) groups is 1. The molecule has 0 N–H and O–H groups in total. The Balaban J connectivity index is 1.97. The average Bonchev–Trinajstić information content (AvgIpc) is 2.97. The Morgan fingerprint density at radius 1 is 1.14 bits per heavy atom. The van der Waals surface area contributed by atoms with Crippen LogP contribution in [-0.4, -0.2) is 30.6 Å². The number of amides is 1. The summed E-state index contributed by atoms with van der Waals surface area (Å²) in [4.78, 5) is 15.0. The normalized spacial score (nSPS) is 15.2. The number of methoxy groups -OCH3 is 1. The largest absolute Gasteiger partial charge is 0.495 e. The Labute approximate surface area is 184 Å². The fourth-order valence-corrected chi connectivity index (χ4v) is 4.42. The summed E-state index contributed by atoms with van der Waals surface area (Å²) in [6, 6.07) is 10.8. The van der Waals surface area contributed by atoms with Crippen molar-refractivity contribution in [3.63, 3.8) is 0 Å². The van der Waals surface area contributed by atoms with Gasteiger partial charge < -0.3 is 14.2 Å². The number of carbonyl (C=O) groups excluding carboxylic acids is 1. The molecule has 2 aromatic carbocycles. The van der Waals surface area contributed by atoms with E-state index in [0.717, 1.165) is 5.56 Å². The molecule has 2 aromatic rings. The molecule has 0 aliphatic carbocycles. The molecule has 0 saturated carbocycles. The predicted molar refractivity (Wildman–Crippen MR) is 122 cm³/mol. The lowest BCUT2D eigenvalue weighted by atomic mass is 10.1. The molecule has 1 saturated heterocycles. The molecule has 29 heavy (non-hydrogen) atoms. The van der Waals surface area contributed by atoms with Crippen LogP contribution in [-0.2, 0) is 4.79 Å². The topological polar surface area (TPSA) is 48.0 Å². The summed E-state index contributed by atoms with van der Waals surface area (Å²) in [5.41, 5.74) is 1.34. The van der Waals surface area contributed by atoms with Crippen molar-refractivity contribution in [3.05, 3.63) is 51.9 Å². The van der Waals surface area contributed by atoms with Crippen molar-refractivity contribution in [3.8, 4) is 17.2 Å². The van der Waals surface area contributed by atoms with E-state index in [0.29, 0.717) is 50.4 Å². The molecule has 152 valence electrons. The molecular formula is C21H20ClNO4S2. The second-order valence-electron chi connectivity index (χ2n) is 5.88. The Morgan fingerprint density at radius 2 is 1.86 bits per heavy atom. The van der Waals surface area contributed by atoms with Gasteiger partial charge >= 0.3 is 0 Å². The fraction of sp³-hybridized carbons (Fsp3) is 0.238. The number of hydrogen-bond acceptors (Lipinski definition) is 6. The Morgan fingerprint density at radius 3 is 2.55 bits per heavy atom. The minimum absolute atomic E-state index is 0.215. The molecule has 1 fully saturated rings. The van der Waals surface area contributed by atoms with Gasteiger partial charge in [0.25, 0.3) is 5.91 Å². The lowest BCUT2D eigenvalue weighted by Gasteiger charge is -2.17. The smallest absolute Gasteiger partial charge is 0.270 e. The van der Waals surface area contributed by atoms with Gasteiger partial charge in [0.2, 0.25) is 0 Å². The highest BCUT2D eigenvalue weighted by atomic mass is 35.5. The maximum Gasteiger partial charge on any atom is 0.270 e. The highest BCUT2D eigenvalue weighted by Crippen LogP contribution is 2.41. The van der Waals surface area contributed by atoms with Crippen molar-refractivity contribution in [2.75, 3.05) is 25.2 Å². The molecule has 5 nitrogen and oxygen atoms in total. The van der Waals surface area contributed by atoms with Crippen LogP contribution >= 0.6 is 35.6 Å². The zero-order chi connectivity index (χ0) is 21.0. The van der Waals surface area contributed by atoms with Gasteiger partial charge in [0.1, 0.15) is 5.75 Å². The van der Waals surface area contributed by atoms with Crippen molar-refractivity contribution >= 4 is 57.6 Å². The number of benzene rings is 2. The van der Waals surface area contributed by atoms with Crippen LogP contribution in [0.25, 0.3) is 6.08 Å². The zero-order valence-corrected chi connectivity index (χ0v) is 18.6. The summed E-state index contributed by atoms with van der Waals surface area (Å²) in [5.74, 6) is 1.39. The zero-order valence-electron chi connectivity index (χ0n) is 16.2. The van der Waals surface area contributed by atoms with E-state index in [4.69, 9.17) is 38.0 Å². The van der Waals surface area contributed by atoms with E-state index < -0.39 is 0 Å². The van der Waals surface area contributed by atoms with E-state index in [-0.39, 0.29) is 5.91 Å². The van der Waals surface area contributed by atoms with Gasteiger partial charge in [-0.1, -0.05) is 47.7 Å². The van der Waals surface area contributed by atoms with Crippen molar-refractivity contribution in [1.82, 2.24) is 0 Å². The van der Waals surface area contributed by atoms with Crippen LogP contribution in [0.4, 0.5) is 5.69 Å². The maximum absolute atomic E-state index is 13.1. The minimum Gasteiger partial charge on any atom is -0.495 e. The van der Waals surface area contributed by atoms with Crippen LogP contribution in [0.3, 0.4) is 0 Å². The summed E-state index contributed by atoms with van der Waals surface area (Å²) in [5, 5.41) is 0.421. The van der Waals surface area contributed by atoms with Crippen molar-refractivity contribution < 1.29 is 19.0 Å². The first-order chi connectivity index (χ1) is 14.0. The Hall–Kier alpha value is -2.22. The number of nitrogens with zero attached hydrogens (tertiary/aromatic N) is 1. The van der Waals surface area contributed by atoms with E-state index in [1.807, 2.05) is 26.0 Å². The fourth-order valence-electron chi connectivity index (χ4n) is 2.86. The third-order valence-corrected chi connectivity index (χ3v) is 5.62. The molecule has 0 spiro atoms. The van der Waals surface area contributed by atoms with Crippen LogP contribution in [0.15, 0.2) is 41.3 Å². The number of hydrogen-bond donors (Lipinski definition) is 0. The number of ether oxygens (including phenoxy) is 3. The molecule has 0 bridgehead atoms. The lowest BCUT2D eigenvalue weighted by Crippen LogP contribution is -2.27. The molecule has 1 heterocycles. The first kappa shape index (κ1) is 21.5. The quantitative estimate of drug-likeness (QED) is 0.408. The monoisotopic (exact) mass is 449 g/mol. The molecule has 0 unspecified atom stereocenters. The number of carbonyl (C=O) groups is 1. The molecule has 1 amide bonds. The molecule has 8 heteroatoms. The summed E-state index contributed by atoms with van der Waals surface area (Å²) >= 11 is 13.1. The van der Waals surface area contributed by atoms with Gasteiger partial charge in [-0.3, -0.25) is 9.69 Å². The van der Waals surface area contributed by atoms with Gasteiger partial charge in [-0.2, -0.15) is 0 Å². The third kappa shape index (κ3) is 4.52. The summed E-state index contributed by atoms with van der Waals surface area (Å²) < 4.78 is 17.1. The van der Waals surface area contributed by atoms with E-state index >= 15 is 0 Å². The van der Waals surface area contributed by atoms with Gasteiger partial charge in [0.05, 0.1) is 35.9 Å². The molecule has 0 atom stereocenters. The number of para-hydroxylation sites is 2. The van der Waals surface area contributed by atoms with Crippen molar-refractivity contribution in [2.24, 2.45) is 0 Å². The van der Waals surface area contributed by atoms with Gasteiger partial charge in [-0.25, -0.2) is 0 Å². The molecular weight excluding hydrogens is 430 g/mol. The van der Waals surface area contributed by atoms with Crippen LogP contribution in [0.5, 0.6) is 17.2 Å². The number of thiocarbonyl (C=S) groups is 1.